The van der Waals surface area contributed by atoms with Gasteiger partial charge in [-0.3, -0.25) is 0 Å². The summed E-state index contributed by atoms with van der Waals surface area (Å²) in [4.78, 5) is 0. The maximum Gasteiger partial charge on any atom is 0.00851 e. The summed E-state index contributed by atoms with van der Waals surface area (Å²) in [6, 6.07) is 0. The number of unbranched alkanes of at least 4 members (excludes halogenated alkanes) is 1. The van der Waals surface area contributed by atoms with Crippen LogP contribution in [0, 0.1) is 5.92 Å². The average Bonchev–Trinajstić information content (AvgIpc) is 2.14. The van der Waals surface area contributed by atoms with Crippen molar-refractivity contribution in [2.24, 2.45) is 5.92 Å². The average molecular weight is 200 g/mol. The molecule has 0 bridgehead atoms. The lowest BCUT2D eigenvalue weighted by Crippen LogP contribution is -1.96. The summed E-state index contributed by atoms with van der Waals surface area (Å²) in [6.07, 6.45) is 8.76. The van der Waals surface area contributed by atoms with Gasteiger partial charge in [0.25, 0.3) is 0 Å². The molecule has 1 heteroatoms. The molecular formula is C12H24S. The van der Waals surface area contributed by atoms with Gasteiger partial charge in [0, 0.05) is 5.75 Å². The molecule has 0 fully saturated rings. The van der Waals surface area contributed by atoms with E-state index < -0.39 is 0 Å². The summed E-state index contributed by atoms with van der Waals surface area (Å²) >= 11 is 4.26. The summed E-state index contributed by atoms with van der Waals surface area (Å²) < 4.78 is 0. The zero-order valence-corrected chi connectivity index (χ0v) is 10.2. The number of hydrogen-bond acceptors (Lipinski definition) is 1. The molecule has 0 nitrogen and oxygen atoms in total. The van der Waals surface area contributed by atoms with E-state index in [0.29, 0.717) is 0 Å². The second-order valence-electron chi connectivity index (χ2n) is 3.87. The number of rotatable bonds is 7. The molecule has 1 atom stereocenters. The summed E-state index contributed by atoms with van der Waals surface area (Å²) in [6.45, 7) is 6.85. The van der Waals surface area contributed by atoms with Gasteiger partial charge in [-0.2, -0.15) is 12.6 Å². The first-order valence-electron chi connectivity index (χ1n) is 5.53. The first kappa shape index (κ1) is 13.1. The van der Waals surface area contributed by atoms with Gasteiger partial charge in [0.2, 0.25) is 0 Å². The molecule has 0 spiro atoms. The van der Waals surface area contributed by atoms with Crippen LogP contribution in [0.15, 0.2) is 11.6 Å². The van der Waals surface area contributed by atoms with Gasteiger partial charge < -0.3 is 0 Å². The molecule has 0 aromatic rings. The maximum absolute atomic E-state index is 4.26. The molecule has 0 saturated carbocycles. The van der Waals surface area contributed by atoms with E-state index in [2.05, 4.69) is 39.5 Å². The van der Waals surface area contributed by atoms with Gasteiger partial charge in [-0.05, 0) is 25.2 Å². The molecule has 0 rings (SSSR count). The normalized spacial score (nSPS) is 14.6. The van der Waals surface area contributed by atoms with Gasteiger partial charge in [0.05, 0.1) is 0 Å². The van der Waals surface area contributed by atoms with Crippen LogP contribution in [0.4, 0.5) is 0 Å². The van der Waals surface area contributed by atoms with Crippen molar-refractivity contribution in [3.05, 3.63) is 11.6 Å². The van der Waals surface area contributed by atoms with Crippen molar-refractivity contribution in [1.29, 1.82) is 0 Å². The SMILES string of the molecule is CCCCC(=CCS)CC(C)CC. The molecule has 1 unspecified atom stereocenters. The molecule has 0 heterocycles. The Bertz CT molecular complexity index is 138. The Labute approximate surface area is 89.2 Å². The van der Waals surface area contributed by atoms with E-state index >= 15 is 0 Å². The predicted molar refractivity (Wildman–Crippen MR) is 65.5 cm³/mol. The van der Waals surface area contributed by atoms with Crippen LogP contribution >= 0.6 is 12.6 Å². The van der Waals surface area contributed by atoms with E-state index in [4.69, 9.17) is 0 Å². The van der Waals surface area contributed by atoms with Crippen molar-refractivity contribution in [1.82, 2.24) is 0 Å². The third kappa shape index (κ3) is 7.18. The minimum atomic E-state index is 0.836. The van der Waals surface area contributed by atoms with Crippen molar-refractivity contribution in [3.63, 3.8) is 0 Å². The third-order valence-electron chi connectivity index (χ3n) is 2.54. The highest BCUT2D eigenvalue weighted by molar-refractivity contribution is 7.80. The molecule has 0 amide bonds. The van der Waals surface area contributed by atoms with Crippen LogP contribution < -0.4 is 0 Å². The summed E-state index contributed by atoms with van der Waals surface area (Å²) in [5.74, 6) is 1.73. The van der Waals surface area contributed by atoms with Crippen LogP contribution in [-0.2, 0) is 0 Å². The highest BCUT2D eigenvalue weighted by atomic mass is 32.1. The standard InChI is InChI=1S/C12H24S/c1-4-6-7-12(8-9-13)10-11(3)5-2/h8,11,13H,4-7,9-10H2,1-3H3. The van der Waals surface area contributed by atoms with Gasteiger partial charge in [-0.15, -0.1) is 0 Å². The first-order chi connectivity index (χ1) is 6.24. The Morgan fingerprint density at radius 1 is 1.38 bits per heavy atom. The van der Waals surface area contributed by atoms with Gasteiger partial charge in [-0.1, -0.05) is 45.3 Å². The zero-order chi connectivity index (χ0) is 10.1. The van der Waals surface area contributed by atoms with Crippen LogP contribution in [-0.4, -0.2) is 5.75 Å². The number of thiol groups is 1. The van der Waals surface area contributed by atoms with Crippen molar-refractivity contribution in [3.8, 4) is 0 Å². The molecule has 0 aromatic heterocycles. The van der Waals surface area contributed by atoms with Crippen molar-refractivity contribution >= 4 is 12.6 Å². The van der Waals surface area contributed by atoms with Gasteiger partial charge in [-0.25, -0.2) is 0 Å². The predicted octanol–water partition coefficient (Wildman–Crippen LogP) is 4.47. The number of allylic oxidation sites excluding steroid dienone is 1. The molecule has 0 aliphatic carbocycles. The van der Waals surface area contributed by atoms with E-state index in [-0.39, 0.29) is 0 Å². The van der Waals surface area contributed by atoms with E-state index in [0.717, 1.165) is 11.7 Å². The maximum atomic E-state index is 4.26. The quantitative estimate of drug-likeness (QED) is 0.455. The summed E-state index contributed by atoms with van der Waals surface area (Å²) in [5, 5.41) is 0. The molecule has 0 aromatic carbocycles. The fraction of sp³-hybridized carbons (Fsp3) is 0.833. The zero-order valence-electron chi connectivity index (χ0n) is 9.34. The Kier molecular flexibility index (Phi) is 8.74. The Hall–Kier alpha value is 0.0900. The molecule has 0 aliphatic heterocycles. The molecule has 13 heavy (non-hydrogen) atoms. The number of hydrogen-bond donors (Lipinski definition) is 1. The fourth-order valence-corrected chi connectivity index (χ4v) is 1.67. The van der Waals surface area contributed by atoms with Crippen LogP contribution in [0.3, 0.4) is 0 Å². The second-order valence-corrected chi connectivity index (χ2v) is 4.23. The Balaban J connectivity index is 3.87. The Morgan fingerprint density at radius 2 is 2.08 bits per heavy atom. The van der Waals surface area contributed by atoms with E-state index in [9.17, 15) is 0 Å². The minimum absolute atomic E-state index is 0.836. The molecule has 0 saturated heterocycles. The van der Waals surface area contributed by atoms with Gasteiger partial charge >= 0.3 is 0 Å². The van der Waals surface area contributed by atoms with Crippen LogP contribution in [0.1, 0.15) is 52.9 Å². The van der Waals surface area contributed by atoms with Gasteiger partial charge in [0.15, 0.2) is 0 Å². The van der Waals surface area contributed by atoms with Crippen molar-refractivity contribution in [2.75, 3.05) is 5.75 Å². The fourth-order valence-electron chi connectivity index (χ4n) is 1.41. The summed E-state index contributed by atoms with van der Waals surface area (Å²) in [7, 11) is 0. The lowest BCUT2D eigenvalue weighted by Gasteiger charge is -2.11. The molecule has 78 valence electrons. The Morgan fingerprint density at radius 3 is 2.54 bits per heavy atom. The molecule has 0 radical (unpaired) electrons. The second kappa shape index (κ2) is 8.68. The third-order valence-corrected chi connectivity index (χ3v) is 2.72. The molecule has 0 aliphatic rings. The van der Waals surface area contributed by atoms with E-state index in [1.165, 1.54) is 32.1 Å². The van der Waals surface area contributed by atoms with Crippen molar-refractivity contribution < 1.29 is 0 Å². The topological polar surface area (TPSA) is 0 Å². The van der Waals surface area contributed by atoms with E-state index in [1.807, 2.05) is 0 Å². The highest BCUT2D eigenvalue weighted by Gasteiger charge is 2.02. The minimum Gasteiger partial charge on any atom is -0.175 e. The van der Waals surface area contributed by atoms with E-state index in [1.54, 1.807) is 5.57 Å². The van der Waals surface area contributed by atoms with Crippen LogP contribution in [0.2, 0.25) is 0 Å². The largest absolute Gasteiger partial charge is 0.175 e. The van der Waals surface area contributed by atoms with Crippen LogP contribution in [0.5, 0.6) is 0 Å². The lowest BCUT2D eigenvalue weighted by atomic mass is 9.95. The molecule has 0 N–H and O–H groups in total. The summed E-state index contributed by atoms with van der Waals surface area (Å²) in [5.41, 5.74) is 1.62. The monoisotopic (exact) mass is 200 g/mol. The highest BCUT2D eigenvalue weighted by Crippen LogP contribution is 2.19. The molecular weight excluding hydrogens is 176 g/mol. The first-order valence-corrected chi connectivity index (χ1v) is 6.16. The lowest BCUT2D eigenvalue weighted by molar-refractivity contribution is 0.542. The van der Waals surface area contributed by atoms with Crippen LogP contribution in [0.25, 0.3) is 0 Å². The van der Waals surface area contributed by atoms with Crippen molar-refractivity contribution in [2.45, 2.75) is 52.9 Å². The smallest absolute Gasteiger partial charge is 0.00851 e. The van der Waals surface area contributed by atoms with Gasteiger partial charge in [0.1, 0.15) is 0 Å².